The molecule has 0 atom stereocenters. The van der Waals surface area contributed by atoms with Crippen molar-refractivity contribution < 1.29 is 18.4 Å². The van der Waals surface area contributed by atoms with Gasteiger partial charge in [-0.1, -0.05) is 0 Å². The predicted molar refractivity (Wildman–Crippen MR) is 94.4 cm³/mol. The Morgan fingerprint density at radius 1 is 1.29 bits per heavy atom. The summed E-state index contributed by atoms with van der Waals surface area (Å²) in [5.41, 5.74) is -1.75. The van der Waals surface area contributed by atoms with Crippen LogP contribution in [0.2, 0.25) is 0 Å². The minimum atomic E-state index is -0.946. The molecule has 0 unspecified atom stereocenters. The summed E-state index contributed by atoms with van der Waals surface area (Å²) in [7, 11) is -0.946. The summed E-state index contributed by atoms with van der Waals surface area (Å²) in [4.78, 5) is 4.17. The van der Waals surface area contributed by atoms with Crippen molar-refractivity contribution in [1.29, 1.82) is 0 Å². The Hall–Kier alpha value is -0.915. The van der Waals surface area contributed by atoms with Gasteiger partial charge in [0.2, 0.25) is 5.88 Å². The second-order valence-corrected chi connectivity index (χ2v) is 8.50. The van der Waals surface area contributed by atoms with Crippen LogP contribution in [-0.2, 0) is 9.31 Å². The maximum absolute atomic E-state index is 14.6. The van der Waals surface area contributed by atoms with E-state index in [1.807, 2.05) is 33.8 Å². The van der Waals surface area contributed by atoms with Crippen LogP contribution in [0.4, 0.5) is 4.39 Å². The van der Waals surface area contributed by atoms with Crippen LogP contribution >= 0.6 is 15.9 Å². The van der Waals surface area contributed by atoms with Crippen molar-refractivity contribution in [3.8, 4) is 5.88 Å². The van der Waals surface area contributed by atoms with Crippen LogP contribution < -0.4 is 4.74 Å². The highest BCUT2D eigenvalue weighted by Crippen LogP contribution is 2.49. The van der Waals surface area contributed by atoms with E-state index in [0.29, 0.717) is 12.5 Å². The van der Waals surface area contributed by atoms with Crippen LogP contribution in [0.1, 0.15) is 40.5 Å². The maximum atomic E-state index is 14.6. The minimum Gasteiger partial charge on any atom is -0.477 e. The molecule has 0 N–H and O–H groups in total. The molecule has 4 nitrogen and oxygen atoms in total. The van der Waals surface area contributed by atoms with Gasteiger partial charge in [0.25, 0.3) is 0 Å². The maximum Gasteiger partial charge on any atom is 0.524 e. The predicted octanol–water partition coefficient (Wildman–Crippen LogP) is 4.49. The van der Waals surface area contributed by atoms with Crippen molar-refractivity contribution in [3.63, 3.8) is 0 Å². The van der Waals surface area contributed by atoms with Crippen molar-refractivity contribution in [2.75, 3.05) is 6.61 Å². The van der Waals surface area contributed by atoms with Gasteiger partial charge in [-0.2, -0.15) is 0 Å². The third-order valence-electron chi connectivity index (χ3n) is 5.02. The van der Waals surface area contributed by atoms with E-state index in [4.69, 9.17) is 14.0 Å². The normalized spacial score (nSPS) is 24.1. The van der Waals surface area contributed by atoms with E-state index in [2.05, 4.69) is 20.9 Å². The number of aromatic nitrogens is 1. The molecule has 2 heterocycles. The number of pyridine rings is 1. The molecule has 2 fully saturated rings. The van der Waals surface area contributed by atoms with Gasteiger partial charge in [-0.05, 0) is 68.6 Å². The first-order valence-electron chi connectivity index (χ1n) is 8.11. The first-order valence-corrected chi connectivity index (χ1v) is 8.90. The number of ether oxygens (including phenoxy) is 1. The van der Waals surface area contributed by atoms with Crippen molar-refractivity contribution in [2.24, 2.45) is 5.41 Å². The number of hydrogen-bond acceptors (Lipinski definition) is 4. The molecule has 1 aliphatic carbocycles. The molecule has 1 saturated carbocycles. The van der Waals surface area contributed by atoms with Crippen molar-refractivity contribution in [2.45, 2.75) is 51.7 Å². The fraction of sp³-hybridized carbons (Fsp3) is 0.588. The van der Waals surface area contributed by atoms with E-state index < -0.39 is 18.3 Å². The fourth-order valence-electron chi connectivity index (χ4n) is 2.47. The largest absolute Gasteiger partial charge is 0.524 e. The molecule has 2 aliphatic rings. The lowest BCUT2D eigenvalue weighted by atomic mass is 9.85. The van der Waals surface area contributed by atoms with Crippen LogP contribution in [-0.4, -0.2) is 29.9 Å². The van der Waals surface area contributed by atoms with Gasteiger partial charge < -0.3 is 14.0 Å². The zero-order chi connectivity index (χ0) is 17.6. The molecule has 0 amide bonds. The molecule has 1 saturated heterocycles. The Labute approximate surface area is 151 Å². The molecule has 7 heteroatoms. The van der Waals surface area contributed by atoms with Crippen LogP contribution in [0.15, 0.2) is 34.6 Å². The Morgan fingerprint density at radius 2 is 1.92 bits per heavy atom. The first kappa shape index (κ1) is 17.9. The molecular weight excluding hydrogens is 376 g/mol. The van der Waals surface area contributed by atoms with E-state index in [1.165, 1.54) is 0 Å². The summed E-state index contributed by atoms with van der Waals surface area (Å²) in [6.07, 6.45) is 5.05. The van der Waals surface area contributed by atoms with E-state index >= 15 is 0 Å². The van der Waals surface area contributed by atoms with Crippen LogP contribution in [0, 0.1) is 5.41 Å². The van der Waals surface area contributed by atoms with Crippen molar-refractivity contribution >= 4 is 23.0 Å². The molecule has 24 heavy (non-hydrogen) atoms. The van der Waals surface area contributed by atoms with E-state index in [9.17, 15) is 4.39 Å². The van der Waals surface area contributed by atoms with Gasteiger partial charge in [-0.25, -0.2) is 9.37 Å². The molecule has 1 aliphatic heterocycles. The first-order chi connectivity index (χ1) is 11.1. The molecular formula is C17H22BBrFNO3. The summed E-state index contributed by atoms with van der Waals surface area (Å²) < 4.78 is 32.7. The van der Waals surface area contributed by atoms with E-state index in [0.717, 1.165) is 17.3 Å². The Morgan fingerprint density at radius 3 is 2.42 bits per heavy atom. The van der Waals surface area contributed by atoms with Gasteiger partial charge in [-0.3, -0.25) is 0 Å². The zero-order valence-electron chi connectivity index (χ0n) is 14.4. The number of halogens is 2. The Bertz CT molecular complexity index is 628. The van der Waals surface area contributed by atoms with E-state index in [1.54, 1.807) is 18.3 Å². The molecule has 0 aromatic carbocycles. The molecule has 3 rings (SSSR count). The van der Waals surface area contributed by atoms with Crippen molar-refractivity contribution in [1.82, 2.24) is 4.98 Å². The van der Waals surface area contributed by atoms with E-state index in [-0.39, 0.29) is 11.1 Å². The van der Waals surface area contributed by atoms with Gasteiger partial charge in [0.1, 0.15) is 5.73 Å². The SMILES string of the molecule is CC1(C)OB(C(F)=CC2(COc3ccc(Br)cn3)CC2)OC1(C)C. The molecule has 130 valence electrons. The smallest absolute Gasteiger partial charge is 0.477 e. The second-order valence-electron chi connectivity index (χ2n) is 7.58. The number of nitrogens with zero attached hydrogens (tertiary/aromatic N) is 1. The van der Waals surface area contributed by atoms with Crippen molar-refractivity contribution in [3.05, 3.63) is 34.6 Å². The fourth-order valence-corrected chi connectivity index (χ4v) is 2.71. The van der Waals surface area contributed by atoms with Gasteiger partial charge in [-0.15, -0.1) is 0 Å². The molecule has 1 aromatic heterocycles. The topological polar surface area (TPSA) is 40.6 Å². The average Bonchev–Trinajstić information content (AvgIpc) is 3.20. The van der Waals surface area contributed by atoms with Gasteiger partial charge in [0.15, 0.2) is 0 Å². The molecule has 0 bridgehead atoms. The third-order valence-corrected chi connectivity index (χ3v) is 5.49. The summed E-state index contributed by atoms with van der Waals surface area (Å²) in [6.45, 7) is 8.05. The average molecular weight is 398 g/mol. The molecule has 0 spiro atoms. The lowest BCUT2D eigenvalue weighted by molar-refractivity contribution is 0.00578. The lowest BCUT2D eigenvalue weighted by Gasteiger charge is -2.32. The van der Waals surface area contributed by atoms with Gasteiger partial charge in [0.05, 0.1) is 17.8 Å². The lowest BCUT2D eigenvalue weighted by Crippen LogP contribution is -2.41. The minimum absolute atomic E-state index is 0.289. The quantitative estimate of drug-likeness (QED) is 0.686. The van der Waals surface area contributed by atoms with Crippen LogP contribution in [0.3, 0.4) is 0 Å². The molecule has 0 radical (unpaired) electrons. The highest BCUT2D eigenvalue weighted by molar-refractivity contribution is 9.10. The standard InChI is InChI=1S/C17H22BBrFNO3/c1-15(2)16(3,4)24-18(23-15)13(20)9-17(7-8-17)11-22-14-6-5-12(19)10-21-14/h5-6,9-10H,7-8,11H2,1-4H3. The van der Waals surface area contributed by atoms with Crippen LogP contribution in [0.5, 0.6) is 5.88 Å². The third kappa shape index (κ3) is 3.68. The second kappa shape index (κ2) is 6.11. The summed E-state index contributed by atoms with van der Waals surface area (Å²) >= 11 is 3.33. The monoisotopic (exact) mass is 397 g/mol. The summed E-state index contributed by atoms with van der Waals surface area (Å²) in [6, 6.07) is 3.65. The summed E-state index contributed by atoms with van der Waals surface area (Å²) in [5.74, 6) is 0.536. The van der Waals surface area contributed by atoms with Gasteiger partial charge >= 0.3 is 7.12 Å². The summed E-state index contributed by atoms with van der Waals surface area (Å²) in [5, 5.41) is 0. The molecule has 1 aromatic rings. The number of hydrogen-bond donors (Lipinski definition) is 0. The Balaban J connectivity index is 1.63. The zero-order valence-corrected chi connectivity index (χ0v) is 16.0. The highest BCUT2D eigenvalue weighted by Gasteiger charge is 2.54. The number of rotatable bonds is 5. The van der Waals surface area contributed by atoms with Crippen LogP contribution in [0.25, 0.3) is 0 Å². The van der Waals surface area contributed by atoms with Gasteiger partial charge in [0, 0.05) is 22.2 Å². The highest BCUT2D eigenvalue weighted by atomic mass is 79.9. The Kier molecular flexibility index (Phi) is 4.56.